The van der Waals surface area contributed by atoms with Gasteiger partial charge in [-0.1, -0.05) is 37.3 Å². The SMILES string of the molecule is CCC1=C(N[C@@H](C)c2ccccc2)CCN(C(=O)OC(C)(C)C)C1. The summed E-state index contributed by atoms with van der Waals surface area (Å²) in [5.41, 5.74) is 3.38. The number of rotatable bonds is 4. The van der Waals surface area contributed by atoms with Gasteiger partial charge in [-0.25, -0.2) is 4.79 Å². The lowest BCUT2D eigenvalue weighted by Crippen LogP contribution is -2.42. The van der Waals surface area contributed by atoms with Crippen molar-refractivity contribution in [1.82, 2.24) is 10.2 Å². The zero-order valence-electron chi connectivity index (χ0n) is 15.6. The van der Waals surface area contributed by atoms with E-state index in [9.17, 15) is 4.79 Å². The van der Waals surface area contributed by atoms with E-state index in [0.29, 0.717) is 13.1 Å². The Morgan fingerprint density at radius 3 is 2.54 bits per heavy atom. The lowest BCUT2D eigenvalue weighted by molar-refractivity contribution is 0.0256. The molecule has 0 saturated heterocycles. The first-order valence-corrected chi connectivity index (χ1v) is 8.80. The molecule has 1 aliphatic heterocycles. The van der Waals surface area contributed by atoms with E-state index in [1.54, 1.807) is 0 Å². The number of amides is 1. The van der Waals surface area contributed by atoms with Gasteiger partial charge in [-0.2, -0.15) is 0 Å². The third-order valence-electron chi connectivity index (χ3n) is 4.21. The van der Waals surface area contributed by atoms with Crippen LogP contribution >= 0.6 is 0 Å². The predicted octanol–water partition coefficient (Wildman–Crippen LogP) is 4.64. The summed E-state index contributed by atoms with van der Waals surface area (Å²) in [7, 11) is 0. The van der Waals surface area contributed by atoms with Crippen molar-refractivity contribution in [3.05, 3.63) is 47.2 Å². The fourth-order valence-electron chi connectivity index (χ4n) is 2.90. The van der Waals surface area contributed by atoms with Crippen molar-refractivity contribution in [2.45, 2.75) is 59.1 Å². The molecule has 0 unspecified atom stereocenters. The first-order valence-electron chi connectivity index (χ1n) is 8.80. The first kappa shape index (κ1) is 18.4. The molecule has 1 N–H and O–H groups in total. The second-order valence-electron chi connectivity index (χ2n) is 7.36. The molecule has 0 radical (unpaired) electrons. The third-order valence-corrected chi connectivity index (χ3v) is 4.21. The van der Waals surface area contributed by atoms with Crippen LogP contribution in [0.3, 0.4) is 0 Å². The molecular weight excluding hydrogens is 300 g/mol. The summed E-state index contributed by atoms with van der Waals surface area (Å²) in [6.45, 7) is 11.4. The molecule has 24 heavy (non-hydrogen) atoms. The highest BCUT2D eigenvalue weighted by molar-refractivity contribution is 5.69. The zero-order chi connectivity index (χ0) is 17.7. The summed E-state index contributed by atoms with van der Waals surface area (Å²) in [5.74, 6) is 0. The van der Waals surface area contributed by atoms with Crippen molar-refractivity contribution in [2.24, 2.45) is 0 Å². The topological polar surface area (TPSA) is 41.6 Å². The first-order chi connectivity index (χ1) is 11.3. The molecule has 0 saturated carbocycles. The Morgan fingerprint density at radius 2 is 1.96 bits per heavy atom. The Balaban J connectivity index is 2.04. The lowest BCUT2D eigenvalue weighted by atomic mass is 10.0. The van der Waals surface area contributed by atoms with Crippen LogP contribution in [0, 0.1) is 0 Å². The smallest absolute Gasteiger partial charge is 0.410 e. The average molecular weight is 330 g/mol. The largest absolute Gasteiger partial charge is 0.444 e. The van der Waals surface area contributed by atoms with E-state index in [1.165, 1.54) is 16.8 Å². The van der Waals surface area contributed by atoms with Crippen molar-refractivity contribution in [3.63, 3.8) is 0 Å². The molecule has 1 amide bonds. The molecule has 1 atom stereocenters. The van der Waals surface area contributed by atoms with Gasteiger partial charge in [0.15, 0.2) is 0 Å². The van der Waals surface area contributed by atoms with Crippen LogP contribution in [0.25, 0.3) is 0 Å². The standard InChI is InChI=1S/C20H30N2O2/c1-6-16-14-22(19(23)24-20(3,4)5)13-12-18(16)21-15(2)17-10-8-7-9-11-17/h7-11,15,21H,6,12-14H2,1-5H3/t15-/m0/s1. The molecular formula is C20H30N2O2. The van der Waals surface area contributed by atoms with Crippen LogP contribution in [-0.4, -0.2) is 29.7 Å². The minimum atomic E-state index is -0.451. The number of nitrogens with one attached hydrogen (secondary N) is 1. The van der Waals surface area contributed by atoms with E-state index in [2.05, 4.69) is 43.4 Å². The molecule has 4 nitrogen and oxygen atoms in total. The highest BCUT2D eigenvalue weighted by Crippen LogP contribution is 2.23. The Hall–Kier alpha value is -1.97. The van der Waals surface area contributed by atoms with Crippen LogP contribution in [0.2, 0.25) is 0 Å². The summed E-state index contributed by atoms with van der Waals surface area (Å²) in [6.07, 6.45) is 1.56. The molecule has 0 spiro atoms. The van der Waals surface area contributed by atoms with Crippen molar-refractivity contribution in [2.75, 3.05) is 13.1 Å². The molecule has 1 heterocycles. The van der Waals surface area contributed by atoms with Gasteiger partial charge in [0.2, 0.25) is 0 Å². The predicted molar refractivity (Wildman–Crippen MR) is 97.7 cm³/mol. The maximum absolute atomic E-state index is 12.3. The molecule has 0 bridgehead atoms. The fourth-order valence-corrected chi connectivity index (χ4v) is 2.90. The second-order valence-corrected chi connectivity index (χ2v) is 7.36. The van der Waals surface area contributed by atoms with Gasteiger partial charge in [0.1, 0.15) is 5.60 Å². The van der Waals surface area contributed by atoms with E-state index in [1.807, 2.05) is 31.7 Å². The number of benzene rings is 1. The number of carbonyl (C=O) groups excluding carboxylic acids is 1. The van der Waals surface area contributed by atoms with Gasteiger partial charge in [-0.3, -0.25) is 0 Å². The molecule has 1 aromatic rings. The Bertz CT molecular complexity index is 587. The van der Waals surface area contributed by atoms with Gasteiger partial charge < -0.3 is 15.0 Å². The molecule has 0 fully saturated rings. The van der Waals surface area contributed by atoms with Crippen molar-refractivity contribution < 1.29 is 9.53 Å². The number of hydrogen-bond donors (Lipinski definition) is 1. The van der Waals surface area contributed by atoms with Gasteiger partial charge in [-0.05, 0) is 45.3 Å². The van der Waals surface area contributed by atoms with Crippen LogP contribution in [0.1, 0.15) is 59.1 Å². The van der Waals surface area contributed by atoms with Gasteiger partial charge in [0.05, 0.1) is 0 Å². The molecule has 2 rings (SSSR count). The zero-order valence-corrected chi connectivity index (χ0v) is 15.6. The summed E-state index contributed by atoms with van der Waals surface area (Å²) >= 11 is 0. The van der Waals surface area contributed by atoms with Crippen LogP contribution in [-0.2, 0) is 4.74 Å². The van der Waals surface area contributed by atoms with E-state index >= 15 is 0 Å². The lowest BCUT2D eigenvalue weighted by Gasteiger charge is -2.33. The van der Waals surface area contributed by atoms with Crippen molar-refractivity contribution in [1.29, 1.82) is 0 Å². The Morgan fingerprint density at radius 1 is 1.29 bits per heavy atom. The number of nitrogens with zero attached hydrogens (tertiary/aromatic N) is 1. The van der Waals surface area contributed by atoms with Crippen molar-refractivity contribution >= 4 is 6.09 Å². The molecule has 1 aliphatic rings. The van der Waals surface area contributed by atoms with Gasteiger partial charge in [-0.15, -0.1) is 0 Å². The normalized spacial score (nSPS) is 16.8. The molecule has 132 valence electrons. The quantitative estimate of drug-likeness (QED) is 0.874. The van der Waals surface area contributed by atoms with Crippen LogP contribution in [0.5, 0.6) is 0 Å². The molecule has 0 aromatic heterocycles. The summed E-state index contributed by atoms with van der Waals surface area (Å²) in [6, 6.07) is 10.7. The van der Waals surface area contributed by atoms with Crippen molar-refractivity contribution in [3.8, 4) is 0 Å². The van der Waals surface area contributed by atoms with E-state index in [0.717, 1.165) is 12.8 Å². The number of carbonyl (C=O) groups is 1. The van der Waals surface area contributed by atoms with E-state index in [4.69, 9.17) is 4.74 Å². The van der Waals surface area contributed by atoms with E-state index < -0.39 is 5.60 Å². The number of ether oxygens (including phenoxy) is 1. The van der Waals surface area contributed by atoms with Gasteiger partial charge in [0, 0.05) is 31.2 Å². The van der Waals surface area contributed by atoms with Crippen LogP contribution < -0.4 is 5.32 Å². The molecule has 0 aliphatic carbocycles. The maximum atomic E-state index is 12.3. The van der Waals surface area contributed by atoms with Gasteiger partial charge in [0.25, 0.3) is 0 Å². The summed E-state index contributed by atoms with van der Waals surface area (Å²) in [4.78, 5) is 14.1. The maximum Gasteiger partial charge on any atom is 0.410 e. The molecule has 1 aromatic carbocycles. The highest BCUT2D eigenvalue weighted by atomic mass is 16.6. The third kappa shape index (κ3) is 5.02. The minimum absolute atomic E-state index is 0.219. The Kier molecular flexibility index (Phi) is 5.92. The van der Waals surface area contributed by atoms with E-state index in [-0.39, 0.29) is 12.1 Å². The molecule has 4 heteroatoms. The van der Waals surface area contributed by atoms with Crippen LogP contribution in [0.15, 0.2) is 41.6 Å². The second kappa shape index (κ2) is 7.73. The summed E-state index contributed by atoms with van der Waals surface area (Å²) < 4.78 is 5.50. The van der Waals surface area contributed by atoms with Gasteiger partial charge >= 0.3 is 6.09 Å². The monoisotopic (exact) mass is 330 g/mol. The van der Waals surface area contributed by atoms with Crippen LogP contribution in [0.4, 0.5) is 4.79 Å². The number of hydrogen-bond acceptors (Lipinski definition) is 3. The average Bonchev–Trinajstić information content (AvgIpc) is 2.54. The Labute approximate surface area is 145 Å². The fraction of sp³-hybridized carbons (Fsp3) is 0.550. The highest BCUT2D eigenvalue weighted by Gasteiger charge is 2.26. The summed E-state index contributed by atoms with van der Waals surface area (Å²) in [5, 5.41) is 3.64. The minimum Gasteiger partial charge on any atom is -0.444 e.